The van der Waals surface area contributed by atoms with Gasteiger partial charge in [-0.3, -0.25) is 9.78 Å². The first-order valence-electron chi connectivity index (χ1n) is 7.16. The number of hydrogen-bond donors (Lipinski definition) is 2. The molecule has 5 nitrogen and oxygen atoms in total. The molecular formula is C15H20Cl2N4OS. The molecule has 0 unspecified atom stereocenters. The summed E-state index contributed by atoms with van der Waals surface area (Å²) in [6, 6.07) is 4.12. The molecular weight excluding hydrogens is 355 g/mol. The Morgan fingerprint density at radius 1 is 1.43 bits per heavy atom. The van der Waals surface area contributed by atoms with Crippen molar-refractivity contribution < 1.29 is 4.79 Å². The van der Waals surface area contributed by atoms with Crippen LogP contribution in [0.5, 0.6) is 0 Å². The molecule has 8 heteroatoms. The van der Waals surface area contributed by atoms with E-state index in [0.29, 0.717) is 6.42 Å². The van der Waals surface area contributed by atoms with Crippen molar-refractivity contribution in [2.45, 2.75) is 25.3 Å². The van der Waals surface area contributed by atoms with E-state index in [9.17, 15) is 4.79 Å². The molecule has 0 saturated carbocycles. The Balaban J connectivity index is 0.00000132. The molecule has 1 aliphatic rings. The number of halogens is 2. The summed E-state index contributed by atoms with van der Waals surface area (Å²) < 4.78 is 0. The Kier molecular flexibility index (Phi) is 8.47. The molecule has 1 amide bonds. The van der Waals surface area contributed by atoms with Crippen molar-refractivity contribution in [1.29, 1.82) is 0 Å². The first-order chi connectivity index (χ1) is 10.3. The van der Waals surface area contributed by atoms with E-state index < -0.39 is 0 Å². The molecule has 1 aliphatic heterocycles. The first-order valence-corrected chi connectivity index (χ1v) is 8.04. The van der Waals surface area contributed by atoms with Crippen LogP contribution in [0.4, 0.5) is 0 Å². The zero-order valence-corrected chi connectivity index (χ0v) is 15.0. The molecule has 0 spiro atoms. The third-order valence-corrected chi connectivity index (χ3v) is 4.40. The molecule has 23 heavy (non-hydrogen) atoms. The number of carbonyl (C=O) groups is 1. The lowest BCUT2D eigenvalue weighted by Gasteiger charge is -2.23. The van der Waals surface area contributed by atoms with E-state index in [0.717, 1.165) is 42.2 Å². The predicted octanol–water partition coefficient (Wildman–Crippen LogP) is 2.46. The Morgan fingerprint density at radius 2 is 2.30 bits per heavy atom. The number of aromatic nitrogens is 2. The maximum Gasteiger partial charge on any atom is 0.226 e. The van der Waals surface area contributed by atoms with E-state index in [1.165, 1.54) is 0 Å². The highest BCUT2D eigenvalue weighted by molar-refractivity contribution is 7.13. The number of piperidine rings is 1. The molecule has 1 saturated heterocycles. The molecule has 2 aromatic rings. The molecule has 126 valence electrons. The van der Waals surface area contributed by atoms with Gasteiger partial charge in [0.15, 0.2) is 0 Å². The van der Waals surface area contributed by atoms with Crippen molar-refractivity contribution in [2.75, 3.05) is 13.1 Å². The van der Waals surface area contributed by atoms with Gasteiger partial charge in [-0.1, -0.05) is 0 Å². The third-order valence-electron chi connectivity index (χ3n) is 3.46. The number of rotatable bonds is 4. The van der Waals surface area contributed by atoms with E-state index >= 15 is 0 Å². The van der Waals surface area contributed by atoms with Crippen molar-refractivity contribution in [3.8, 4) is 10.6 Å². The molecule has 3 heterocycles. The van der Waals surface area contributed by atoms with Crippen molar-refractivity contribution >= 4 is 42.1 Å². The molecule has 1 fully saturated rings. The summed E-state index contributed by atoms with van der Waals surface area (Å²) in [5, 5.41) is 9.21. The summed E-state index contributed by atoms with van der Waals surface area (Å²) >= 11 is 1.55. The summed E-state index contributed by atoms with van der Waals surface area (Å²) in [4.78, 5) is 20.6. The van der Waals surface area contributed by atoms with Crippen LogP contribution in [0.3, 0.4) is 0 Å². The number of thiazole rings is 1. The summed E-state index contributed by atoms with van der Waals surface area (Å²) in [6.07, 6.45) is 6.04. The lowest BCUT2D eigenvalue weighted by molar-refractivity contribution is -0.121. The second kappa shape index (κ2) is 9.82. The lowest BCUT2D eigenvalue weighted by atomic mass is 10.1. The van der Waals surface area contributed by atoms with Gasteiger partial charge in [0.05, 0.1) is 12.1 Å². The fourth-order valence-corrected chi connectivity index (χ4v) is 3.24. The van der Waals surface area contributed by atoms with Gasteiger partial charge in [-0.15, -0.1) is 36.2 Å². The second-order valence-electron chi connectivity index (χ2n) is 5.17. The van der Waals surface area contributed by atoms with E-state index in [4.69, 9.17) is 0 Å². The third kappa shape index (κ3) is 5.73. The quantitative estimate of drug-likeness (QED) is 0.862. The van der Waals surface area contributed by atoms with E-state index in [2.05, 4.69) is 20.6 Å². The minimum atomic E-state index is 0. The minimum Gasteiger partial charge on any atom is -0.352 e. The zero-order chi connectivity index (χ0) is 14.5. The smallest absolute Gasteiger partial charge is 0.226 e. The summed E-state index contributed by atoms with van der Waals surface area (Å²) in [5.41, 5.74) is 1.81. The Labute approximate surface area is 152 Å². The topological polar surface area (TPSA) is 66.9 Å². The fourth-order valence-electron chi connectivity index (χ4n) is 2.43. The van der Waals surface area contributed by atoms with Crippen LogP contribution in [0.25, 0.3) is 10.6 Å². The Morgan fingerprint density at radius 3 is 3.00 bits per heavy atom. The van der Waals surface area contributed by atoms with E-state index in [1.807, 2.05) is 17.5 Å². The molecule has 0 bridgehead atoms. The average molecular weight is 375 g/mol. The van der Waals surface area contributed by atoms with E-state index in [-0.39, 0.29) is 36.8 Å². The van der Waals surface area contributed by atoms with Gasteiger partial charge in [-0.05, 0) is 31.5 Å². The Bertz CT molecular complexity index is 603. The number of carbonyl (C=O) groups excluding carboxylic acids is 1. The predicted molar refractivity (Wildman–Crippen MR) is 97.6 cm³/mol. The second-order valence-corrected chi connectivity index (χ2v) is 6.03. The standard InChI is InChI=1S/C15H18N4OS.2ClH/c20-14(18-12-4-2-6-17-9-12)7-13-10-21-15(19-13)11-3-1-5-16-8-11;;/h1,3,5,8,10,12,17H,2,4,6-7,9H2,(H,18,20);2*1H/t12-;;/m0../s1. The number of nitrogens with one attached hydrogen (secondary N) is 2. The van der Waals surface area contributed by atoms with Crippen molar-refractivity contribution in [1.82, 2.24) is 20.6 Å². The van der Waals surface area contributed by atoms with Crippen molar-refractivity contribution in [2.24, 2.45) is 0 Å². The average Bonchev–Trinajstić information content (AvgIpc) is 2.97. The summed E-state index contributed by atoms with van der Waals surface area (Å²) in [6.45, 7) is 1.91. The van der Waals surface area contributed by atoms with Crippen LogP contribution in [0.15, 0.2) is 29.9 Å². The van der Waals surface area contributed by atoms with Crippen LogP contribution >= 0.6 is 36.2 Å². The normalized spacial score (nSPS) is 16.8. The number of nitrogens with zero attached hydrogens (tertiary/aromatic N) is 2. The van der Waals surface area contributed by atoms with Crippen LogP contribution in [0, 0.1) is 0 Å². The van der Waals surface area contributed by atoms with Gasteiger partial charge in [0, 0.05) is 35.9 Å². The highest BCUT2D eigenvalue weighted by Gasteiger charge is 2.16. The largest absolute Gasteiger partial charge is 0.352 e. The number of pyridine rings is 1. The molecule has 0 radical (unpaired) electrons. The van der Waals surface area contributed by atoms with Crippen LogP contribution in [-0.2, 0) is 11.2 Å². The molecule has 0 aromatic carbocycles. The number of hydrogen-bond acceptors (Lipinski definition) is 5. The lowest BCUT2D eigenvalue weighted by Crippen LogP contribution is -2.46. The maximum absolute atomic E-state index is 12.0. The molecule has 0 aliphatic carbocycles. The summed E-state index contributed by atoms with van der Waals surface area (Å²) in [7, 11) is 0. The molecule has 3 rings (SSSR count). The molecule has 2 aromatic heterocycles. The van der Waals surface area contributed by atoms with Crippen LogP contribution in [0.2, 0.25) is 0 Å². The minimum absolute atomic E-state index is 0. The van der Waals surface area contributed by atoms with Crippen LogP contribution < -0.4 is 10.6 Å². The zero-order valence-electron chi connectivity index (χ0n) is 12.5. The van der Waals surface area contributed by atoms with Gasteiger partial charge in [-0.25, -0.2) is 4.98 Å². The van der Waals surface area contributed by atoms with E-state index in [1.54, 1.807) is 23.7 Å². The number of amides is 1. The SMILES string of the molecule is Cl.Cl.O=C(Cc1csc(-c2cccnc2)n1)N[C@H]1CCCNC1. The highest BCUT2D eigenvalue weighted by Crippen LogP contribution is 2.22. The summed E-state index contributed by atoms with van der Waals surface area (Å²) in [5.74, 6) is 0.0479. The fraction of sp³-hybridized carbons (Fsp3) is 0.400. The molecule has 2 N–H and O–H groups in total. The van der Waals surface area contributed by atoms with Gasteiger partial charge in [0.1, 0.15) is 5.01 Å². The van der Waals surface area contributed by atoms with Crippen LogP contribution in [0.1, 0.15) is 18.5 Å². The monoisotopic (exact) mass is 374 g/mol. The first kappa shape index (κ1) is 19.8. The Hall–Kier alpha value is -1.21. The van der Waals surface area contributed by atoms with Gasteiger partial charge >= 0.3 is 0 Å². The molecule has 1 atom stereocenters. The van der Waals surface area contributed by atoms with Gasteiger partial charge in [0.25, 0.3) is 0 Å². The van der Waals surface area contributed by atoms with Gasteiger partial charge in [0.2, 0.25) is 5.91 Å². The van der Waals surface area contributed by atoms with Gasteiger partial charge < -0.3 is 10.6 Å². The van der Waals surface area contributed by atoms with Crippen molar-refractivity contribution in [3.05, 3.63) is 35.6 Å². The van der Waals surface area contributed by atoms with Crippen molar-refractivity contribution in [3.63, 3.8) is 0 Å². The maximum atomic E-state index is 12.0. The van der Waals surface area contributed by atoms with Gasteiger partial charge in [-0.2, -0.15) is 0 Å². The highest BCUT2D eigenvalue weighted by atomic mass is 35.5. The van der Waals surface area contributed by atoms with Crippen LogP contribution in [-0.4, -0.2) is 35.0 Å².